The van der Waals surface area contributed by atoms with E-state index in [1.54, 1.807) is 19.9 Å². The molecule has 0 saturated carbocycles. The van der Waals surface area contributed by atoms with Gasteiger partial charge in [-0.2, -0.15) is 4.31 Å². The smallest absolute Gasteiger partial charge is 0.265 e. The van der Waals surface area contributed by atoms with E-state index in [9.17, 15) is 18.0 Å². The maximum atomic E-state index is 13.5. The summed E-state index contributed by atoms with van der Waals surface area (Å²) in [5.74, 6) is -0.567. The minimum Gasteiger partial charge on any atom is -0.479 e. The summed E-state index contributed by atoms with van der Waals surface area (Å²) in [6, 6.07) is 10.6. The largest absolute Gasteiger partial charge is 0.479 e. The fraction of sp³-hybridized carbons (Fsp3) is 0.391. The summed E-state index contributed by atoms with van der Waals surface area (Å²) in [6.45, 7) is 5.70. The second kappa shape index (κ2) is 8.55. The number of carbonyl (C=O) groups excluding carboxylic acids is 2. The first-order valence-corrected chi connectivity index (χ1v) is 12.1. The molecule has 0 spiro atoms. The minimum absolute atomic E-state index is 0.116. The van der Waals surface area contributed by atoms with E-state index >= 15 is 0 Å². The van der Waals surface area contributed by atoms with Crippen molar-refractivity contribution in [3.63, 3.8) is 0 Å². The molecule has 2 atom stereocenters. The number of carbonyl (C=O) groups is 2. The fourth-order valence-electron chi connectivity index (χ4n) is 4.10. The number of ether oxygens (including phenoxy) is 1. The van der Waals surface area contributed by atoms with Gasteiger partial charge in [-0.3, -0.25) is 9.59 Å². The first-order valence-electron chi connectivity index (χ1n) is 10.6. The number of amides is 2. The number of rotatable bonds is 4. The highest BCUT2D eigenvalue weighted by Crippen LogP contribution is 2.36. The molecular weight excluding hydrogens is 430 g/mol. The molecule has 4 rings (SSSR count). The van der Waals surface area contributed by atoms with Crippen LogP contribution in [-0.2, 0) is 19.6 Å². The number of hydrogen-bond donors (Lipinski definition) is 2. The van der Waals surface area contributed by atoms with Gasteiger partial charge in [-0.05, 0) is 62.9 Å². The Morgan fingerprint density at radius 1 is 1.22 bits per heavy atom. The van der Waals surface area contributed by atoms with Crippen LogP contribution in [0.2, 0.25) is 0 Å². The third kappa shape index (κ3) is 4.35. The van der Waals surface area contributed by atoms with E-state index < -0.39 is 22.0 Å². The standard InChI is InChI=1S/C23H27N3O5S/c1-14-6-4-8-18(10-14)24-23(28)17-7-5-9-26(13-17)32(29,30)21-12-20-19(11-15(21)2)25-22(27)16(3)31-20/h4,6,8,10-12,16-17H,5,7,9,13H2,1-3H3,(H,24,28)(H,25,27)/t16-,17-/m1/s1. The molecule has 2 heterocycles. The van der Waals surface area contributed by atoms with Gasteiger partial charge in [0.2, 0.25) is 15.9 Å². The average molecular weight is 458 g/mol. The van der Waals surface area contributed by atoms with Crippen LogP contribution in [0.15, 0.2) is 41.3 Å². The van der Waals surface area contributed by atoms with Crippen LogP contribution in [0.3, 0.4) is 0 Å². The Kier molecular flexibility index (Phi) is 5.96. The van der Waals surface area contributed by atoms with E-state index in [1.165, 1.54) is 10.4 Å². The Hall–Kier alpha value is -2.91. The third-order valence-electron chi connectivity index (χ3n) is 5.87. The van der Waals surface area contributed by atoms with E-state index in [0.717, 1.165) is 5.56 Å². The lowest BCUT2D eigenvalue weighted by Crippen LogP contribution is -2.44. The van der Waals surface area contributed by atoms with Crippen molar-refractivity contribution in [1.82, 2.24) is 4.31 Å². The molecule has 1 fully saturated rings. The second-order valence-corrected chi connectivity index (χ2v) is 10.3. The Labute approximate surface area is 188 Å². The normalized spacial score (nSPS) is 21.3. The zero-order valence-corrected chi connectivity index (χ0v) is 19.2. The van der Waals surface area contributed by atoms with Crippen molar-refractivity contribution in [2.75, 3.05) is 23.7 Å². The van der Waals surface area contributed by atoms with E-state index in [0.29, 0.717) is 42.1 Å². The van der Waals surface area contributed by atoms with E-state index in [-0.39, 0.29) is 23.3 Å². The Balaban J connectivity index is 1.54. The number of piperidine rings is 1. The molecule has 2 aliphatic rings. The van der Waals surface area contributed by atoms with Crippen molar-refractivity contribution >= 4 is 33.2 Å². The summed E-state index contributed by atoms with van der Waals surface area (Å²) in [4.78, 5) is 24.8. The van der Waals surface area contributed by atoms with Crippen molar-refractivity contribution in [2.45, 2.75) is 44.6 Å². The lowest BCUT2D eigenvalue weighted by Gasteiger charge is -2.32. The summed E-state index contributed by atoms with van der Waals surface area (Å²) in [7, 11) is -3.84. The second-order valence-electron chi connectivity index (χ2n) is 8.42. The number of hydrogen-bond acceptors (Lipinski definition) is 5. The molecule has 0 bridgehead atoms. The third-order valence-corrected chi connectivity index (χ3v) is 7.87. The monoisotopic (exact) mass is 457 g/mol. The molecule has 1 saturated heterocycles. The molecule has 2 aromatic carbocycles. The van der Waals surface area contributed by atoms with Gasteiger partial charge in [-0.15, -0.1) is 0 Å². The van der Waals surface area contributed by atoms with Gasteiger partial charge in [-0.1, -0.05) is 12.1 Å². The highest BCUT2D eigenvalue weighted by molar-refractivity contribution is 7.89. The molecule has 0 radical (unpaired) electrons. The quantitative estimate of drug-likeness (QED) is 0.734. The van der Waals surface area contributed by atoms with Crippen molar-refractivity contribution in [3.8, 4) is 5.75 Å². The lowest BCUT2D eigenvalue weighted by molar-refractivity contribution is -0.123. The summed E-state index contributed by atoms with van der Waals surface area (Å²) in [5, 5.41) is 5.64. The molecule has 0 aromatic heterocycles. The van der Waals surface area contributed by atoms with Crippen LogP contribution in [0, 0.1) is 19.8 Å². The number of nitrogens with zero attached hydrogens (tertiary/aromatic N) is 1. The fourth-order valence-corrected chi connectivity index (χ4v) is 5.85. The van der Waals surface area contributed by atoms with Crippen LogP contribution in [0.1, 0.15) is 30.9 Å². The zero-order chi connectivity index (χ0) is 23.0. The summed E-state index contributed by atoms with van der Waals surface area (Å²) < 4.78 is 33.9. The van der Waals surface area contributed by atoms with Gasteiger partial charge in [-0.25, -0.2) is 8.42 Å². The maximum absolute atomic E-state index is 13.5. The molecule has 8 nitrogen and oxygen atoms in total. The molecule has 2 N–H and O–H groups in total. The molecule has 2 amide bonds. The molecule has 2 aliphatic heterocycles. The van der Waals surface area contributed by atoms with Crippen LogP contribution in [0.4, 0.5) is 11.4 Å². The Bertz CT molecular complexity index is 1180. The van der Waals surface area contributed by atoms with Gasteiger partial charge in [0, 0.05) is 24.8 Å². The highest BCUT2D eigenvalue weighted by Gasteiger charge is 2.35. The predicted molar refractivity (Wildman–Crippen MR) is 121 cm³/mol. The van der Waals surface area contributed by atoms with Crippen LogP contribution >= 0.6 is 0 Å². The molecule has 2 aromatic rings. The van der Waals surface area contributed by atoms with Gasteiger partial charge >= 0.3 is 0 Å². The summed E-state index contributed by atoms with van der Waals surface area (Å²) in [5.41, 5.74) is 2.70. The minimum atomic E-state index is -3.84. The average Bonchev–Trinajstić information content (AvgIpc) is 2.74. The number of aryl methyl sites for hydroxylation is 2. The molecule has 32 heavy (non-hydrogen) atoms. The number of sulfonamides is 1. The van der Waals surface area contributed by atoms with E-state index in [4.69, 9.17) is 4.74 Å². The number of nitrogens with one attached hydrogen (secondary N) is 2. The van der Waals surface area contributed by atoms with Crippen molar-refractivity contribution in [3.05, 3.63) is 47.5 Å². The SMILES string of the molecule is Cc1cccc(NC(=O)[C@@H]2CCCN(S(=O)(=O)c3cc4c(cc3C)NC(=O)[C@@H](C)O4)C2)c1. The number of anilines is 2. The molecule has 0 aliphatic carbocycles. The zero-order valence-electron chi connectivity index (χ0n) is 18.3. The van der Waals surface area contributed by atoms with E-state index in [2.05, 4.69) is 10.6 Å². The number of benzene rings is 2. The first kappa shape index (κ1) is 22.3. The number of fused-ring (bicyclic) bond motifs is 1. The predicted octanol–water partition coefficient (Wildman–Crippen LogP) is 3.06. The van der Waals surface area contributed by atoms with Gasteiger partial charge in [0.05, 0.1) is 16.5 Å². The van der Waals surface area contributed by atoms with Crippen LogP contribution < -0.4 is 15.4 Å². The van der Waals surface area contributed by atoms with Crippen LogP contribution in [0.25, 0.3) is 0 Å². The molecule has 0 unspecified atom stereocenters. The molecule has 9 heteroatoms. The van der Waals surface area contributed by atoms with Gasteiger partial charge in [0.25, 0.3) is 5.91 Å². The van der Waals surface area contributed by atoms with Crippen molar-refractivity contribution < 1.29 is 22.7 Å². The van der Waals surface area contributed by atoms with Gasteiger partial charge in [0.1, 0.15) is 5.75 Å². The van der Waals surface area contributed by atoms with Gasteiger partial charge in [0.15, 0.2) is 6.10 Å². The van der Waals surface area contributed by atoms with Crippen molar-refractivity contribution in [1.29, 1.82) is 0 Å². The highest BCUT2D eigenvalue weighted by atomic mass is 32.2. The lowest BCUT2D eigenvalue weighted by atomic mass is 9.98. The van der Waals surface area contributed by atoms with Crippen molar-refractivity contribution in [2.24, 2.45) is 5.92 Å². The maximum Gasteiger partial charge on any atom is 0.265 e. The van der Waals surface area contributed by atoms with Gasteiger partial charge < -0.3 is 15.4 Å². The Morgan fingerprint density at radius 3 is 2.75 bits per heavy atom. The van der Waals surface area contributed by atoms with Crippen LogP contribution in [0.5, 0.6) is 5.75 Å². The van der Waals surface area contributed by atoms with E-state index in [1.807, 2.05) is 31.2 Å². The summed E-state index contributed by atoms with van der Waals surface area (Å²) >= 11 is 0. The first-order chi connectivity index (χ1) is 15.1. The Morgan fingerprint density at radius 2 is 2.00 bits per heavy atom. The molecule has 170 valence electrons. The molecular formula is C23H27N3O5S. The topological polar surface area (TPSA) is 105 Å². The van der Waals surface area contributed by atoms with Crippen LogP contribution in [-0.4, -0.2) is 43.7 Å². The summed E-state index contributed by atoms with van der Waals surface area (Å²) in [6.07, 6.45) is 0.517.